The van der Waals surface area contributed by atoms with Gasteiger partial charge < -0.3 is 5.32 Å². The van der Waals surface area contributed by atoms with E-state index in [0.29, 0.717) is 4.96 Å². The molecule has 0 fully saturated rings. The van der Waals surface area contributed by atoms with Gasteiger partial charge in [-0.15, -0.1) is 11.3 Å². The third-order valence-corrected chi connectivity index (χ3v) is 4.98. The molecule has 0 saturated heterocycles. The second-order valence-electron chi connectivity index (χ2n) is 5.44. The predicted molar refractivity (Wildman–Crippen MR) is 91.1 cm³/mol. The zero-order valence-corrected chi connectivity index (χ0v) is 14.0. The molecule has 6 heteroatoms. The highest BCUT2D eigenvalue weighted by atomic mass is 32.1. The second-order valence-corrected chi connectivity index (χ2v) is 6.63. The van der Waals surface area contributed by atoms with Crippen LogP contribution in [0.1, 0.15) is 39.5 Å². The summed E-state index contributed by atoms with van der Waals surface area (Å²) in [4.78, 5) is 30.9. The molecule has 0 unspecified atom stereocenters. The van der Waals surface area contributed by atoms with Gasteiger partial charge in [0.05, 0.1) is 6.04 Å². The molecule has 0 aliphatic heterocycles. The average molecular weight is 327 g/mol. The van der Waals surface area contributed by atoms with Gasteiger partial charge in [0.15, 0.2) is 4.96 Å². The molecule has 0 radical (unpaired) electrons. The summed E-state index contributed by atoms with van der Waals surface area (Å²) in [6.07, 6.45) is 1.36. The van der Waals surface area contributed by atoms with E-state index in [2.05, 4.69) is 10.3 Å². The summed E-state index contributed by atoms with van der Waals surface area (Å²) in [5.74, 6) is -0.406. The average Bonchev–Trinajstić information content (AvgIpc) is 2.84. The highest BCUT2D eigenvalue weighted by molar-refractivity contribution is 7.17. The highest BCUT2D eigenvalue weighted by Gasteiger charge is 2.18. The molecule has 118 valence electrons. The van der Waals surface area contributed by atoms with Gasteiger partial charge in [-0.05, 0) is 26.3 Å². The fraction of sp³-hybridized carbons (Fsp3) is 0.235. The number of nitrogens with zero attached hydrogens (tertiary/aromatic N) is 2. The molecule has 3 aromatic rings. The highest BCUT2D eigenvalue weighted by Crippen LogP contribution is 2.18. The van der Waals surface area contributed by atoms with Gasteiger partial charge in [0.2, 0.25) is 0 Å². The Morgan fingerprint density at radius 3 is 2.65 bits per heavy atom. The third-order valence-electron chi connectivity index (χ3n) is 3.91. The molecular formula is C17H17N3O2S. The van der Waals surface area contributed by atoms with Crippen molar-refractivity contribution in [3.63, 3.8) is 0 Å². The lowest BCUT2D eigenvalue weighted by Crippen LogP contribution is -2.33. The first-order chi connectivity index (χ1) is 11.0. The number of carbonyl (C=O) groups excluding carboxylic acids is 1. The Balaban J connectivity index is 1.94. The van der Waals surface area contributed by atoms with Gasteiger partial charge in [-0.25, -0.2) is 4.98 Å². The molecule has 1 amide bonds. The van der Waals surface area contributed by atoms with Crippen molar-refractivity contribution in [2.24, 2.45) is 0 Å². The molecule has 1 N–H and O–H groups in total. The van der Waals surface area contributed by atoms with E-state index in [0.717, 1.165) is 16.1 Å². The Bertz CT molecular complexity index is 928. The van der Waals surface area contributed by atoms with Gasteiger partial charge in [-0.3, -0.25) is 14.0 Å². The van der Waals surface area contributed by atoms with Crippen LogP contribution < -0.4 is 10.9 Å². The van der Waals surface area contributed by atoms with Crippen molar-refractivity contribution < 1.29 is 4.79 Å². The first-order valence-electron chi connectivity index (χ1n) is 7.32. The lowest BCUT2D eigenvalue weighted by molar-refractivity contribution is 0.0938. The van der Waals surface area contributed by atoms with E-state index in [1.54, 1.807) is 0 Å². The van der Waals surface area contributed by atoms with Gasteiger partial charge in [0.25, 0.3) is 11.5 Å². The minimum Gasteiger partial charge on any atom is -0.345 e. The summed E-state index contributed by atoms with van der Waals surface area (Å²) in [5, 5.41) is 2.86. The summed E-state index contributed by atoms with van der Waals surface area (Å²) in [6, 6.07) is 9.44. The number of nitrogens with one attached hydrogen (secondary N) is 1. The molecule has 5 nitrogen and oxygen atoms in total. The number of hydrogen-bond donors (Lipinski definition) is 1. The molecular weight excluding hydrogens is 310 g/mol. The normalized spacial score (nSPS) is 12.3. The Hall–Kier alpha value is -2.47. The maximum atomic E-state index is 12.6. The Labute approximate surface area is 137 Å². The molecule has 0 saturated carbocycles. The van der Waals surface area contributed by atoms with Crippen molar-refractivity contribution >= 4 is 22.2 Å². The van der Waals surface area contributed by atoms with Crippen LogP contribution in [0.25, 0.3) is 4.96 Å². The number of thiazole rings is 1. The molecule has 3 rings (SSSR count). The van der Waals surface area contributed by atoms with Gasteiger partial charge in [0.1, 0.15) is 5.56 Å². The van der Waals surface area contributed by atoms with Crippen molar-refractivity contribution in [1.82, 2.24) is 14.7 Å². The predicted octanol–water partition coefficient (Wildman–Crippen LogP) is 2.86. The number of aromatic nitrogens is 2. The smallest absolute Gasteiger partial charge is 0.271 e. The molecule has 0 spiro atoms. The van der Waals surface area contributed by atoms with Crippen LogP contribution in [0.2, 0.25) is 0 Å². The van der Waals surface area contributed by atoms with Crippen molar-refractivity contribution in [2.75, 3.05) is 0 Å². The standard InChI is InChI=1S/C17H17N3O2S/c1-10(13-7-5-4-6-8-13)19-15(21)14-9-18-17-20(16(14)22)11(2)12(3)23-17/h4-10H,1-3H3,(H,19,21)/t10-/m1/s1. The van der Waals surface area contributed by atoms with Crippen LogP contribution in [-0.2, 0) is 0 Å². The number of amides is 1. The van der Waals surface area contributed by atoms with Crippen LogP contribution >= 0.6 is 11.3 Å². The molecule has 2 aromatic heterocycles. The monoisotopic (exact) mass is 327 g/mol. The Morgan fingerprint density at radius 2 is 1.96 bits per heavy atom. The van der Waals surface area contributed by atoms with Crippen molar-refractivity contribution in [3.05, 3.63) is 68.6 Å². The van der Waals surface area contributed by atoms with E-state index < -0.39 is 5.91 Å². The van der Waals surface area contributed by atoms with Crippen molar-refractivity contribution in [1.29, 1.82) is 0 Å². The van der Waals surface area contributed by atoms with E-state index in [4.69, 9.17) is 0 Å². The van der Waals surface area contributed by atoms with Gasteiger partial charge in [-0.1, -0.05) is 30.3 Å². The van der Waals surface area contributed by atoms with E-state index in [-0.39, 0.29) is 17.2 Å². The summed E-state index contributed by atoms with van der Waals surface area (Å²) in [7, 11) is 0. The molecule has 0 aliphatic carbocycles. The number of rotatable bonds is 3. The number of hydrogen-bond acceptors (Lipinski definition) is 4. The second kappa shape index (κ2) is 5.96. The number of aryl methyl sites for hydroxylation is 2. The van der Waals surface area contributed by atoms with E-state index in [1.807, 2.05) is 51.1 Å². The minimum atomic E-state index is -0.406. The minimum absolute atomic E-state index is 0.0613. The lowest BCUT2D eigenvalue weighted by Gasteiger charge is -2.14. The zero-order chi connectivity index (χ0) is 16.6. The molecule has 1 atom stereocenters. The first kappa shape index (κ1) is 15.4. The first-order valence-corrected chi connectivity index (χ1v) is 8.14. The summed E-state index contributed by atoms with van der Waals surface area (Å²) < 4.78 is 1.50. The topological polar surface area (TPSA) is 63.5 Å². The molecule has 0 bridgehead atoms. The van der Waals surface area contributed by atoms with Crippen LogP contribution in [0.5, 0.6) is 0 Å². The quantitative estimate of drug-likeness (QED) is 0.804. The van der Waals surface area contributed by atoms with Gasteiger partial charge in [-0.2, -0.15) is 0 Å². The van der Waals surface area contributed by atoms with E-state index in [9.17, 15) is 9.59 Å². The molecule has 2 heterocycles. The fourth-order valence-corrected chi connectivity index (χ4v) is 3.36. The van der Waals surface area contributed by atoms with Crippen LogP contribution in [0.3, 0.4) is 0 Å². The molecule has 23 heavy (non-hydrogen) atoms. The van der Waals surface area contributed by atoms with Gasteiger partial charge >= 0.3 is 0 Å². The molecule has 0 aliphatic rings. The summed E-state index contributed by atoms with van der Waals surface area (Å²) in [6.45, 7) is 5.68. The largest absolute Gasteiger partial charge is 0.345 e. The van der Waals surface area contributed by atoms with E-state index >= 15 is 0 Å². The maximum Gasteiger partial charge on any atom is 0.271 e. The van der Waals surface area contributed by atoms with Crippen LogP contribution in [0.4, 0.5) is 0 Å². The van der Waals surface area contributed by atoms with Crippen LogP contribution in [-0.4, -0.2) is 15.3 Å². The number of carbonyl (C=O) groups is 1. The SMILES string of the molecule is Cc1sc2ncc(C(=O)N[C@H](C)c3ccccc3)c(=O)n2c1C. The van der Waals surface area contributed by atoms with Crippen molar-refractivity contribution in [3.8, 4) is 0 Å². The Morgan fingerprint density at radius 1 is 1.26 bits per heavy atom. The third kappa shape index (κ3) is 2.77. The van der Waals surface area contributed by atoms with Crippen LogP contribution in [0.15, 0.2) is 41.3 Å². The number of benzene rings is 1. The number of fused-ring (bicyclic) bond motifs is 1. The van der Waals surface area contributed by atoms with E-state index in [1.165, 1.54) is 21.9 Å². The van der Waals surface area contributed by atoms with Crippen LogP contribution in [0, 0.1) is 13.8 Å². The fourth-order valence-electron chi connectivity index (χ4n) is 2.43. The van der Waals surface area contributed by atoms with Gasteiger partial charge in [0, 0.05) is 16.8 Å². The Kier molecular flexibility index (Phi) is 4.00. The summed E-state index contributed by atoms with van der Waals surface area (Å²) >= 11 is 1.44. The summed E-state index contributed by atoms with van der Waals surface area (Å²) in [5.41, 5.74) is 1.55. The lowest BCUT2D eigenvalue weighted by atomic mass is 10.1. The van der Waals surface area contributed by atoms with Crippen molar-refractivity contribution in [2.45, 2.75) is 26.8 Å². The maximum absolute atomic E-state index is 12.6. The molecule has 1 aromatic carbocycles. The zero-order valence-electron chi connectivity index (χ0n) is 13.2.